The van der Waals surface area contributed by atoms with Crippen LogP contribution in [0.15, 0.2) is 53.5 Å². The van der Waals surface area contributed by atoms with Crippen LogP contribution in [-0.4, -0.2) is 13.0 Å². The van der Waals surface area contributed by atoms with Crippen molar-refractivity contribution in [2.24, 2.45) is 4.99 Å². The molecular weight excluding hydrogens is 296 g/mol. The number of aliphatic imine (C=N–C) groups is 1. The summed E-state index contributed by atoms with van der Waals surface area (Å²) in [6.45, 7) is 4.94. The largest absolute Gasteiger partial charge is 0.352 e. The monoisotopic (exact) mass is 320 g/mol. The van der Waals surface area contributed by atoms with E-state index < -0.39 is 0 Å². The van der Waals surface area contributed by atoms with Crippen LogP contribution < -0.4 is 10.6 Å². The zero-order valence-electron chi connectivity index (χ0n) is 14.5. The van der Waals surface area contributed by atoms with Gasteiger partial charge in [-0.25, -0.2) is 0 Å². The minimum absolute atomic E-state index is 0.170. The fourth-order valence-electron chi connectivity index (χ4n) is 2.41. The second-order valence-electron chi connectivity index (χ2n) is 5.70. The molecule has 24 heavy (non-hydrogen) atoms. The Bertz CT molecular complexity index is 709. The fraction of sp³-hybridized carbons (Fsp3) is 0.300. The van der Waals surface area contributed by atoms with E-state index in [9.17, 15) is 0 Å². The first kappa shape index (κ1) is 17.6. The molecule has 0 fully saturated rings. The lowest BCUT2D eigenvalue weighted by Gasteiger charge is -2.18. The predicted molar refractivity (Wildman–Crippen MR) is 98.7 cm³/mol. The van der Waals surface area contributed by atoms with Gasteiger partial charge in [-0.2, -0.15) is 5.26 Å². The van der Waals surface area contributed by atoms with Gasteiger partial charge in [-0.1, -0.05) is 43.3 Å². The average molecular weight is 320 g/mol. The van der Waals surface area contributed by atoms with Gasteiger partial charge in [0.25, 0.3) is 0 Å². The molecule has 4 heteroatoms. The Morgan fingerprint density at radius 2 is 1.71 bits per heavy atom. The second kappa shape index (κ2) is 8.73. The van der Waals surface area contributed by atoms with Gasteiger partial charge in [0, 0.05) is 13.6 Å². The molecule has 0 saturated heterocycles. The molecular formula is C20H24N4. The van der Waals surface area contributed by atoms with Crippen molar-refractivity contribution in [3.63, 3.8) is 0 Å². The summed E-state index contributed by atoms with van der Waals surface area (Å²) in [6, 6.07) is 18.5. The maximum atomic E-state index is 8.83. The number of nitrogens with zero attached hydrogens (tertiary/aromatic N) is 2. The number of hydrogen-bond acceptors (Lipinski definition) is 2. The van der Waals surface area contributed by atoms with E-state index in [2.05, 4.69) is 59.8 Å². The number of rotatable bonds is 5. The molecule has 0 radical (unpaired) electrons. The summed E-state index contributed by atoms with van der Waals surface area (Å²) < 4.78 is 0. The Labute approximate surface area is 144 Å². The molecule has 2 aromatic carbocycles. The molecule has 0 amide bonds. The van der Waals surface area contributed by atoms with Crippen LogP contribution in [0.5, 0.6) is 0 Å². The lowest BCUT2D eigenvalue weighted by molar-refractivity contribution is 0.685. The van der Waals surface area contributed by atoms with E-state index in [4.69, 9.17) is 5.26 Å². The summed E-state index contributed by atoms with van der Waals surface area (Å²) >= 11 is 0. The zero-order valence-corrected chi connectivity index (χ0v) is 14.5. The van der Waals surface area contributed by atoms with Crippen LogP contribution >= 0.6 is 0 Å². The average Bonchev–Trinajstić information content (AvgIpc) is 2.65. The van der Waals surface area contributed by atoms with Gasteiger partial charge >= 0.3 is 0 Å². The minimum Gasteiger partial charge on any atom is -0.352 e. The summed E-state index contributed by atoms with van der Waals surface area (Å²) in [6.07, 6.45) is 1.05. The van der Waals surface area contributed by atoms with Crippen molar-refractivity contribution in [1.82, 2.24) is 10.6 Å². The van der Waals surface area contributed by atoms with Gasteiger partial charge in [0.2, 0.25) is 0 Å². The van der Waals surface area contributed by atoms with Crippen LogP contribution in [0.4, 0.5) is 0 Å². The van der Waals surface area contributed by atoms with Crippen LogP contribution in [0, 0.1) is 11.3 Å². The number of benzene rings is 2. The highest BCUT2D eigenvalue weighted by Crippen LogP contribution is 2.13. The summed E-state index contributed by atoms with van der Waals surface area (Å²) in [4.78, 5) is 4.28. The summed E-state index contributed by atoms with van der Waals surface area (Å²) in [5.41, 5.74) is 4.35. The topological polar surface area (TPSA) is 60.2 Å². The molecule has 0 aliphatic rings. The normalized spacial score (nSPS) is 12.3. The molecule has 2 aromatic rings. The number of hydrogen-bond donors (Lipinski definition) is 2. The Morgan fingerprint density at radius 3 is 2.25 bits per heavy atom. The molecule has 0 bridgehead atoms. The molecule has 2 rings (SSSR count). The molecule has 1 unspecified atom stereocenters. The predicted octanol–water partition coefficient (Wildman–Crippen LogP) is 3.55. The summed E-state index contributed by atoms with van der Waals surface area (Å²) in [5, 5.41) is 15.5. The van der Waals surface area contributed by atoms with E-state index in [0.717, 1.165) is 17.9 Å². The first-order valence-corrected chi connectivity index (χ1v) is 8.21. The van der Waals surface area contributed by atoms with Crippen LogP contribution in [0.2, 0.25) is 0 Å². The van der Waals surface area contributed by atoms with Gasteiger partial charge in [-0.05, 0) is 42.2 Å². The van der Waals surface area contributed by atoms with Gasteiger partial charge in [-0.3, -0.25) is 4.99 Å². The zero-order chi connectivity index (χ0) is 17.4. The molecule has 1 atom stereocenters. The van der Waals surface area contributed by atoms with E-state index in [1.165, 1.54) is 11.1 Å². The number of nitriles is 1. The van der Waals surface area contributed by atoms with E-state index in [1.807, 2.05) is 24.3 Å². The van der Waals surface area contributed by atoms with E-state index in [1.54, 1.807) is 7.05 Å². The quantitative estimate of drug-likeness (QED) is 0.654. The number of nitrogens with one attached hydrogen (secondary N) is 2. The SMILES string of the molecule is CCc1ccc(C(C)NC(=NC)NCc2ccc(C#N)cc2)cc1. The van der Waals surface area contributed by atoms with Crippen LogP contribution in [-0.2, 0) is 13.0 Å². The highest BCUT2D eigenvalue weighted by Gasteiger charge is 2.07. The Balaban J connectivity index is 1.92. The van der Waals surface area contributed by atoms with E-state index >= 15 is 0 Å². The second-order valence-corrected chi connectivity index (χ2v) is 5.70. The highest BCUT2D eigenvalue weighted by molar-refractivity contribution is 5.80. The highest BCUT2D eigenvalue weighted by atomic mass is 15.2. The van der Waals surface area contributed by atoms with Crippen molar-refractivity contribution in [2.45, 2.75) is 32.9 Å². The van der Waals surface area contributed by atoms with Crippen molar-refractivity contribution in [1.29, 1.82) is 5.26 Å². The third-order valence-corrected chi connectivity index (χ3v) is 4.01. The Kier molecular flexibility index (Phi) is 6.39. The smallest absolute Gasteiger partial charge is 0.191 e. The number of aryl methyl sites for hydroxylation is 1. The molecule has 0 aliphatic heterocycles. The standard InChI is InChI=1S/C20H24N4/c1-4-16-9-11-19(12-10-16)15(2)24-20(22-3)23-14-18-7-5-17(13-21)6-8-18/h5-12,15H,4,14H2,1-3H3,(H2,22,23,24). The van der Waals surface area contributed by atoms with Crippen LogP contribution in [0.3, 0.4) is 0 Å². The fourth-order valence-corrected chi connectivity index (χ4v) is 2.41. The third kappa shape index (κ3) is 4.85. The molecule has 2 N–H and O–H groups in total. The molecule has 0 aromatic heterocycles. The van der Waals surface area contributed by atoms with Gasteiger partial charge in [0.15, 0.2) is 5.96 Å². The van der Waals surface area contributed by atoms with Crippen molar-refractivity contribution in [3.8, 4) is 6.07 Å². The van der Waals surface area contributed by atoms with Crippen LogP contribution in [0.1, 0.15) is 42.1 Å². The van der Waals surface area contributed by atoms with Gasteiger partial charge in [-0.15, -0.1) is 0 Å². The van der Waals surface area contributed by atoms with Gasteiger partial charge in [0.05, 0.1) is 17.7 Å². The van der Waals surface area contributed by atoms with Crippen molar-refractivity contribution < 1.29 is 0 Å². The van der Waals surface area contributed by atoms with Crippen molar-refractivity contribution in [2.75, 3.05) is 7.05 Å². The van der Waals surface area contributed by atoms with Crippen molar-refractivity contribution in [3.05, 3.63) is 70.8 Å². The van der Waals surface area contributed by atoms with Gasteiger partial charge in [0.1, 0.15) is 0 Å². The van der Waals surface area contributed by atoms with Crippen molar-refractivity contribution >= 4 is 5.96 Å². The molecule has 0 saturated carbocycles. The van der Waals surface area contributed by atoms with Crippen LogP contribution in [0.25, 0.3) is 0 Å². The number of guanidine groups is 1. The lowest BCUT2D eigenvalue weighted by atomic mass is 10.1. The third-order valence-electron chi connectivity index (χ3n) is 4.01. The summed E-state index contributed by atoms with van der Waals surface area (Å²) in [7, 11) is 1.76. The van der Waals surface area contributed by atoms with Gasteiger partial charge < -0.3 is 10.6 Å². The lowest BCUT2D eigenvalue weighted by Crippen LogP contribution is -2.38. The molecule has 4 nitrogen and oxygen atoms in total. The first-order valence-electron chi connectivity index (χ1n) is 8.21. The molecule has 0 spiro atoms. The first-order chi connectivity index (χ1) is 11.7. The Hall–Kier alpha value is -2.80. The molecule has 124 valence electrons. The maximum Gasteiger partial charge on any atom is 0.191 e. The Morgan fingerprint density at radius 1 is 1.08 bits per heavy atom. The van der Waals surface area contributed by atoms with E-state index in [-0.39, 0.29) is 6.04 Å². The minimum atomic E-state index is 0.170. The molecule has 0 aliphatic carbocycles. The summed E-state index contributed by atoms with van der Waals surface area (Å²) in [5.74, 6) is 0.756. The van der Waals surface area contributed by atoms with E-state index in [0.29, 0.717) is 12.1 Å². The molecule has 0 heterocycles. The maximum absolute atomic E-state index is 8.83.